The molecule has 7 heteroatoms. The van der Waals surface area contributed by atoms with E-state index in [9.17, 15) is 4.79 Å². The van der Waals surface area contributed by atoms with Crippen molar-refractivity contribution in [2.75, 3.05) is 6.54 Å². The zero-order valence-electron chi connectivity index (χ0n) is 11.6. The number of nitrogens with one attached hydrogen (secondary N) is 1. The van der Waals surface area contributed by atoms with Crippen molar-refractivity contribution in [1.82, 2.24) is 15.4 Å². The third kappa shape index (κ3) is 3.22. The van der Waals surface area contributed by atoms with Gasteiger partial charge in [0.1, 0.15) is 0 Å². The number of halogens is 1. The van der Waals surface area contributed by atoms with Crippen LogP contribution in [0.3, 0.4) is 0 Å². The molecule has 0 radical (unpaired) electrons. The quantitative estimate of drug-likeness (QED) is 0.935. The van der Waals surface area contributed by atoms with Crippen LogP contribution >= 0.6 is 22.9 Å². The van der Waals surface area contributed by atoms with E-state index in [0.717, 1.165) is 40.1 Å². The predicted molar refractivity (Wildman–Crippen MR) is 81.5 cm³/mol. The second-order valence-electron chi connectivity index (χ2n) is 5.09. The number of aromatic nitrogens is 1. The SMILES string of the molecule is Cc1cc(C2CCCN2C(=O)NCc2ccc(Cl)s2)on1. The van der Waals surface area contributed by atoms with Gasteiger partial charge in [0, 0.05) is 17.5 Å². The minimum Gasteiger partial charge on any atom is -0.359 e. The van der Waals surface area contributed by atoms with Gasteiger partial charge in [0.2, 0.25) is 0 Å². The molecule has 2 aromatic heterocycles. The first kappa shape index (κ1) is 14.4. The van der Waals surface area contributed by atoms with Crippen LogP contribution in [0.2, 0.25) is 4.34 Å². The lowest BCUT2D eigenvalue weighted by Gasteiger charge is -2.22. The van der Waals surface area contributed by atoms with Crippen LogP contribution in [-0.2, 0) is 6.54 Å². The molecule has 1 aliphatic rings. The number of amides is 2. The molecule has 1 unspecified atom stereocenters. The van der Waals surface area contributed by atoms with Gasteiger partial charge in [0.05, 0.1) is 22.6 Å². The van der Waals surface area contributed by atoms with Crippen LogP contribution in [0.25, 0.3) is 0 Å². The Labute approximate surface area is 131 Å². The maximum atomic E-state index is 12.3. The number of urea groups is 1. The molecule has 1 fully saturated rings. The fourth-order valence-corrected chi connectivity index (χ4v) is 3.58. The van der Waals surface area contributed by atoms with Gasteiger partial charge < -0.3 is 14.7 Å². The van der Waals surface area contributed by atoms with Crippen LogP contribution < -0.4 is 5.32 Å². The summed E-state index contributed by atoms with van der Waals surface area (Å²) in [6.45, 7) is 3.11. The van der Waals surface area contributed by atoms with Crippen molar-refractivity contribution in [1.29, 1.82) is 0 Å². The van der Waals surface area contributed by atoms with Crippen molar-refractivity contribution in [2.24, 2.45) is 0 Å². The number of likely N-dealkylation sites (tertiary alicyclic amines) is 1. The van der Waals surface area contributed by atoms with Gasteiger partial charge in [-0.15, -0.1) is 11.3 Å². The number of carbonyl (C=O) groups excluding carboxylic acids is 1. The van der Waals surface area contributed by atoms with Crippen molar-refractivity contribution < 1.29 is 9.32 Å². The first-order valence-electron chi connectivity index (χ1n) is 6.85. The molecule has 0 aliphatic carbocycles. The van der Waals surface area contributed by atoms with E-state index >= 15 is 0 Å². The first-order valence-corrected chi connectivity index (χ1v) is 8.05. The Kier molecular flexibility index (Phi) is 4.17. The van der Waals surface area contributed by atoms with Crippen molar-refractivity contribution in [3.05, 3.63) is 38.9 Å². The van der Waals surface area contributed by atoms with E-state index in [2.05, 4.69) is 10.5 Å². The standard InChI is InChI=1S/C14H16ClN3O2S/c1-9-7-12(20-17-9)11-3-2-6-18(11)14(19)16-8-10-4-5-13(15)21-10/h4-5,7,11H,2-3,6,8H2,1H3,(H,16,19). The molecule has 5 nitrogen and oxygen atoms in total. The molecule has 1 atom stereocenters. The number of nitrogens with zero attached hydrogens (tertiary/aromatic N) is 2. The average molecular weight is 326 g/mol. The summed E-state index contributed by atoms with van der Waals surface area (Å²) in [5.74, 6) is 0.763. The van der Waals surface area contributed by atoms with Crippen LogP contribution in [0.15, 0.2) is 22.7 Å². The monoisotopic (exact) mass is 325 g/mol. The fourth-order valence-electron chi connectivity index (χ4n) is 2.56. The molecule has 2 aromatic rings. The summed E-state index contributed by atoms with van der Waals surface area (Å²) in [5, 5.41) is 6.84. The lowest BCUT2D eigenvalue weighted by Crippen LogP contribution is -2.38. The van der Waals surface area contributed by atoms with Crippen molar-refractivity contribution in [3.8, 4) is 0 Å². The zero-order valence-corrected chi connectivity index (χ0v) is 13.2. The Morgan fingerprint density at radius 3 is 3.14 bits per heavy atom. The average Bonchev–Trinajstić information content (AvgIpc) is 3.16. The Morgan fingerprint density at radius 1 is 1.62 bits per heavy atom. The molecule has 0 bridgehead atoms. The lowest BCUT2D eigenvalue weighted by atomic mass is 10.1. The van der Waals surface area contributed by atoms with E-state index in [1.54, 1.807) is 0 Å². The van der Waals surface area contributed by atoms with E-state index in [0.29, 0.717) is 6.54 Å². The van der Waals surface area contributed by atoms with Gasteiger partial charge in [-0.2, -0.15) is 0 Å². The van der Waals surface area contributed by atoms with E-state index in [1.165, 1.54) is 11.3 Å². The van der Waals surface area contributed by atoms with E-state index in [-0.39, 0.29) is 12.1 Å². The summed E-state index contributed by atoms with van der Waals surface area (Å²) in [6.07, 6.45) is 1.88. The summed E-state index contributed by atoms with van der Waals surface area (Å²) >= 11 is 7.36. The molecule has 0 saturated carbocycles. The molecule has 3 heterocycles. The topological polar surface area (TPSA) is 58.4 Å². The van der Waals surface area contributed by atoms with Crippen LogP contribution in [-0.4, -0.2) is 22.6 Å². The first-order chi connectivity index (χ1) is 10.1. The van der Waals surface area contributed by atoms with E-state index < -0.39 is 0 Å². The molecule has 21 heavy (non-hydrogen) atoms. The van der Waals surface area contributed by atoms with Crippen LogP contribution in [0, 0.1) is 6.92 Å². The largest absolute Gasteiger partial charge is 0.359 e. The van der Waals surface area contributed by atoms with Crippen molar-refractivity contribution >= 4 is 29.0 Å². The summed E-state index contributed by atoms with van der Waals surface area (Å²) < 4.78 is 6.04. The van der Waals surface area contributed by atoms with Gasteiger partial charge in [-0.3, -0.25) is 0 Å². The Hall–Kier alpha value is -1.53. The molecule has 2 amide bonds. The molecule has 1 N–H and O–H groups in total. The lowest BCUT2D eigenvalue weighted by molar-refractivity contribution is 0.182. The van der Waals surface area contributed by atoms with Gasteiger partial charge in [0.25, 0.3) is 0 Å². The fraction of sp³-hybridized carbons (Fsp3) is 0.429. The number of hydrogen-bond acceptors (Lipinski definition) is 4. The van der Waals surface area contributed by atoms with Crippen molar-refractivity contribution in [2.45, 2.75) is 32.4 Å². The number of rotatable bonds is 3. The maximum Gasteiger partial charge on any atom is 0.318 e. The molecular weight excluding hydrogens is 310 g/mol. The summed E-state index contributed by atoms with van der Waals surface area (Å²) in [4.78, 5) is 15.2. The third-order valence-electron chi connectivity index (χ3n) is 3.53. The Balaban J connectivity index is 1.63. The van der Waals surface area contributed by atoms with Crippen LogP contribution in [0.1, 0.15) is 35.2 Å². The molecule has 112 valence electrons. The molecule has 0 spiro atoms. The molecule has 0 aromatic carbocycles. The number of hydrogen-bond donors (Lipinski definition) is 1. The highest BCUT2D eigenvalue weighted by Crippen LogP contribution is 2.32. The van der Waals surface area contributed by atoms with Crippen LogP contribution in [0.4, 0.5) is 4.79 Å². The highest BCUT2D eigenvalue weighted by atomic mass is 35.5. The maximum absolute atomic E-state index is 12.3. The van der Waals surface area contributed by atoms with Crippen molar-refractivity contribution in [3.63, 3.8) is 0 Å². The molecular formula is C14H16ClN3O2S. The van der Waals surface area contributed by atoms with Gasteiger partial charge in [-0.25, -0.2) is 4.79 Å². The highest BCUT2D eigenvalue weighted by molar-refractivity contribution is 7.16. The van der Waals surface area contributed by atoms with Gasteiger partial charge in [-0.1, -0.05) is 16.8 Å². The second kappa shape index (κ2) is 6.07. The summed E-state index contributed by atoms with van der Waals surface area (Å²) in [6, 6.07) is 5.57. The molecule has 1 saturated heterocycles. The van der Waals surface area contributed by atoms with Gasteiger partial charge >= 0.3 is 6.03 Å². The second-order valence-corrected chi connectivity index (χ2v) is 6.89. The highest BCUT2D eigenvalue weighted by Gasteiger charge is 2.32. The Morgan fingerprint density at radius 2 is 2.48 bits per heavy atom. The summed E-state index contributed by atoms with van der Waals surface area (Å²) in [7, 11) is 0. The normalized spacial score (nSPS) is 18.2. The molecule has 3 rings (SSSR count). The van der Waals surface area contributed by atoms with E-state index in [4.69, 9.17) is 16.1 Å². The number of carbonyl (C=O) groups is 1. The van der Waals surface area contributed by atoms with Crippen LogP contribution in [0.5, 0.6) is 0 Å². The zero-order chi connectivity index (χ0) is 14.8. The van der Waals surface area contributed by atoms with Gasteiger partial charge in [-0.05, 0) is 31.9 Å². The minimum absolute atomic E-state index is 0.0156. The van der Waals surface area contributed by atoms with E-state index in [1.807, 2.05) is 30.0 Å². The predicted octanol–water partition coefficient (Wildman–Crippen LogP) is 3.74. The molecule has 1 aliphatic heterocycles. The number of thiophene rings is 1. The third-order valence-corrected chi connectivity index (χ3v) is 4.76. The number of aryl methyl sites for hydroxylation is 1. The minimum atomic E-state index is -0.0731. The van der Waals surface area contributed by atoms with Gasteiger partial charge in [0.15, 0.2) is 5.76 Å². The Bertz CT molecular complexity index is 640. The summed E-state index contributed by atoms with van der Waals surface area (Å²) in [5.41, 5.74) is 0.838. The smallest absolute Gasteiger partial charge is 0.318 e.